The normalized spacial score (nSPS) is 25.6. The molecule has 1 saturated carbocycles. The highest BCUT2D eigenvalue weighted by atomic mass is 32.2. The number of fused-ring (bicyclic) bond motifs is 3. The Balaban J connectivity index is 1.26. The quantitative estimate of drug-likeness (QED) is 0.637. The number of nitrogens with zero attached hydrogens (tertiary/aromatic N) is 1. The molecule has 4 atom stereocenters. The number of carboxylic acid groups (broad SMARTS) is 1. The second kappa shape index (κ2) is 9.93. The largest absolute Gasteiger partial charge is 0.480 e. The summed E-state index contributed by atoms with van der Waals surface area (Å²) >= 11 is 1.47. The first-order valence-corrected chi connectivity index (χ1v) is 13.3. The fourth-order valence-electron chi connectivity index (χ4n) is 5.75. The molecule has 0 spiro atoms. The van der Waals surface area contributed by atoms with Gasteiger partial charge in [-0.1, -0.05) is 61.4 Å². The molecule has 35 heavy (non-hydrogen) atoms. The molecule has 0 radical (unpaired) electrons. The Morgan fingerprint density at radius 1 is 1.03 bits per heavy atom. The molecule has 2 fully saturated rings. The van der Waals surface area contributed by atoms with Gasteiger partial charge in [0.1, 0.15) is 12.6 Å². The highest BCUT2D eigenvalue weighted by Gasteiger charge is 2.44. The van der Waals surface area contributed by atoms with Crippen molar-refractivity contribution >= 4 is 29.7 Å². The molecule has 0 bridgehead atoms. The smallest absolute Gasteiger partial charge is 0.407 e. The molecule has 1 heterocycles. The standard InChI is InChI=1S/C27H30N2O5S/c1-16-29(24(15-35-16)26(31)32)25(30)21-12-6-7-13-23(21)28-27(33)34-14-22-19-10-4-2-8-17(19)18-9-3-5-11-20(18)22/h2-5,8-11,16,21-24H,6-7,12-15H2,1H3,(H,28,33)(H,31,32). The van der Waals surface area contributed by atoms with Crippen molar-refractivity contribution < 1.29 is 24.2 Å². The topological polar surface area (TPSA) is 95.9 Å². The number of carbonyl (C=O) groups excluding carboxylic acids is 2. The van der Waals surface area contributed by atoms with Gasteiger partial charge in [0.15, 0.2) is 0 Å². The van der Waals surface area contributed by atoms with Crippen LogP contribution in [0.4, 0.5) is 4.79 Å². The molecular weight excluding hydrogens is 464 g/mol. The van der Waals surface area contributed by atoms with Crippen LogP contribution >= 0.6 is 11.8 Å². The van der Waals surface area contributed by atoms with Crippen molar-refractivity contribution in [3.05, 3.63) is 59.7 Å². The predicted octanol–water partition coefficient (Wildman–Crippen LogP) is 4.46. The molecule has 8 heteroatoms. The van der Waals surface area contributed by atoms with Crippen LogP contribution in [-0.4, -0.2) is 57.8 Å². The van der Waals surface area contributed by atoms with Gasteiger partial charge in [0.05, 0.1) is 11.3 Å². The molecule has 184 valence electrons. The average Bonchev–Trinajstić information content (AvgIpc) is 3.41. The molecule has 1 saturated heterocycles. The Morgan fingerprint density at radius 3 is 2.31 bits per heavy atom. The van der Waals surface area contributed by atoms with Gasteiger partial charge in [-0.2, -0.15) is 0 Å². The second-order valence-electron chi connectivity index (χ2n) is 9.50. The van der Waals surface area contributed by atoms with Crippen LogP contribution in [0.15, 0.2) is 48.5 Å². The average molecular weight is 495 g/mol. The van der Waals surface area contributed by atoms with E-state index >= 15 is 0 Å². The number of hydrogen-bond donors (Lipinski definition) is 2. The minimum atomic E-state index is -0.980. The number of hydrogen-bond acceptors (Lipinski definition) is 5. The first-order valence-electron chi connectivity index (χ1n) is 12.2. The number of ether oxygens (including phenoxy) is 1. The highest BCUT2D eigenvalue weighted by Crippen LogP contribution is 2.44. The molecule has 2 aromatic rings. The van der Waals surface area contributed by atoms with Gasteiger partial charge in [-0.25, -0.2) is 9.59 Å². The summed E-state index contributed by atoms with van der Waals surface area (Å²) in [4.78, 5) is 39.5. The number of alkyl carbamates (subject to hydrolysis) is 1. The van der Waals surface area contributed by atoms with Gasteiger partial charge in [-0.05, 0) is 42.0 Å². The summed E-state index contributed by atoms with van der Waals surface area (Å²) in [5.41, 5.74) is 4.63. The molecule has 2 aromatic carbocycles. The van der Waals surface area contributed by atoms with Gasteiger partial charge in [0.2, 0.25) is 5.91 Å². The van der Waals surface area contributed by atoms with Crippen molar-refractivity contribution in [3.63, 3.8) is 0 Å². The third kappa shape index (κ3) is 4.51. The molecule has 1 aliphatic heterocycles. The number of nitrogens with one attached hydrogen (secondary N) is 1. The molecule has 0 aromatic heterocycles. The first kappa shape index (κ1) is 23.7. The maximum absolute atomic E-state index is 13.4. The summed E-state index contributed by atoms with van der Waals surface area (Å²) in [5, 5.41) is 12.3. The van der Waals surface area contributed by atoms with E-state index in [1.54, 1.807) is 0 Å². The zero-order valence-electron chi connectivity index (χ0n) is 19.7. The Labute approximate surface area is 209 Å². The van der Waals surface area contributed by atoms with Crippen LogP contribution in [0.5, 0.6) is 0 Å². The highest BCUT2D eigenvalue weighted by molar-refractivity contribution is 8.00. The van der Waals surface area contributed by atoms with E-state index in [0.717, 1.165) is 24.0 Å². The lowest BCUT2D eigenvalue weighted by Gasteiger charge is -2.36. The lowest BCUT2D eigenvalue weighted by Crippen LogP contribution is -2.53. The van der Waals surface area contributed by atoms with Crippen LogP contribution in [0, 0.1) is 5.92 Å². The summed E-state index contributed by atoms with van der Waals surface area (Å²) in [5.74, 6) is -1.24. The fraction of sp³-hybridized carbons (Fsp3) is 0.444. The number of rotatable bonds is 5. The van der Waals surface area contributed by atoms with Gasteiger partial charge in [0.25, 0.3) is 0 Å². The molecule has 5 rings (SSSR count). The number of aliphatic carboxylic acids is 1. The summed E-state index contributed by atoms with van der Waals surface area (Å²) in [6.45, 7) is 2.08. The third-order valence-electron chi connectivity index (χ3n) is 7.49. The van der Waals surface area contributed by atoms with Crippen molar-refractivity contribution in [2.24, 2.45) is 5.92 Å². The molecular formula is C27H30N2O5S. The van der Waals surface area contributed by atoms with E-state index in [0.29, 0.717) is 18.6 Å². The zero-order valence-corrected chi connectivity index (χ0v) is 20.5. The van der Waals surface area contributed by atoms with Gasteiger partial charge in [-0.3, -0.25) is 4.79 Å². The molecule has 2 N–H and O–H groups in total. The van der Waals surface area contributed by atoms with E-state index in [-0.39, 0.29) is 29.8 Å². The van der Waals surface area contributed by atoms with Crippen molar-refractivity contribution in [1.29, 1.82) is 0 Å². The van der Waals surface area contributed by atoms with Crippen molar-refractivity contribution in [2.45, 2.75) is 56.0 Å². The SMILES string of the molecule is CC1SCC(C(=O)O)N1C(=O)C1CCCCC1NC(=O)OCC1c2ccccc2-c2ccccc21. The Bertz CT molecular complexity index is 1090. The van der Waals surface area contributed by atoms with Crippen LogP contribution in [0.25, 0.3) is 11.1 Å². The van der Waals surface area contributed by atoms with Crippen LogP contribution in [0.3, 0.4) is 0 Å². The van der Waals surface area contributed by atoms with Gasteiger partial charge >= 0.3 is 12.1 Å². The lowest BCUT2D eigenvalue weighted by molar-refractivity contribution is -0.151. The van der Waals surface area contributed by atoms with Crippen molar-refractivity contribution in [3.8, 4) is 11.1 Å². The Hall–Kier alpha value is -3.00. The molecule has 7 nitrogen and oxygen atoms in total. The minimum Gasteiger partial charge on any atom is -0.480 e. The van der Waals surface area contributed by atoms with Crippen LogP contribution < -0.4 is 5.32 Å². The maximum atomic E-state index is 13.4. The summed E-state index contributed by atoms with van der Waals surface area (Å²) < 4.78 is 5.70. The zero-order chi connectivity index (χ0) is 24.5. The number of amides is 2. The number of carboxylic acids is 1. The molecule has 2 aliphatic carbocycles. The number of carbonyl (C=O) groups is 3. The van der Waals surface area contributed by atoms with E-state index in [1.165, 1.54) is 27.8 Å². The van der Waals surface area contributed by atoms with Crippen LogP contribution in [0.1, 0.15) is 49.7 Å². The number of thioether (sulfide) groups is 1. The van der Waals surface area contributed by atoms with Crippen molar-refractivity contribution in [1.82, 2.24) is 10.2 Å². The Morgan fingerprint density at radius 2 is 1.66 bits per heavy atom. The third-order valence-corrected chi connectivity index (χ3v) is 8.71. The first-order chi connectivity index (χ1) is 17.0. The van der Waals surface area contributed by atoms with E-state index in [1.807, 2.05) is 31.2 Å². The summed E-state index contributed by atoms with van der Waals surface area (Å²) in [6, 6.07) is 15.2. The van der Waals surface area contributed by atoms with Crippen LogP contribution in [0.2, 0.25) is 0 Å². The van der Waals surface area contributed by atoms with E-state index < -0.39 is 24.0 Å². The second-order valence-corrected chi connectivity index (χ2v) is 10.8. The molecule has 2 amide bonds. The summed E-state index contributed by atoms with van der Waals surface area (Å²) in [7, 11) is 0. The Kier molecular flexibility index (Phi) is 6.73. The number of benzene rings is 2. The van der Waals surface area contributed by atoms with Gasteiger partial charge in [-0.15, -0.1) is 11.8 Å². The van der Waals surface area contributed by atoms with Gasteiger partial charge in [0, 0.05) is 17.7 Å². The van der Waals surface area contributed by atoms with Crippen molar-refractivity contribution in [2.75, 3.05) is 12.4 Å². The summed E-state index contributed by atoms with van der Waals surface area (Å²) in [6.07, 6.45) is 2.56. The minimum absolute atomic E-state index is 0.0317. The fourth-order valence-corrected chi connectivity index (χ4v) is 6.93. The molecule has 4 unspecified atom stereocenters. The van der Waals surface area contributed by atoms with E-state index in [4.69, 9.17) is 4.74 Å². The lowest BCUT2D eigenvalue weighted by atomic mass is 9.83. The van der Waals surface area contributed by atoms with Crippen LogP contribution in [-0.2, 0) is 14.3 Å². The van der Waals surface area contributed by atoms with E-state index in [9.17, 15) is 19.5 Å². The molecule has 3 aliphatic rings. The monoisotopic (exact) mass is 494 g/mol. The maximum Gasteiger partial charge on any atom is 0.407 e. The van der Waals surface area contributed by atoms with E-state index in [2.05, 4.69) is 29.6 Å². The predicted molar refractivity (Wildman–Crippen MR) is 134 cm³/mol. The van der Waals surface area contributed by atoms with Gasteiger partial charge < -0.3 is 20.1 Å².